The molecule has 2 nitrogen and oxygen atoms in total. The first kappa shape index (κ1) is 14.3. The molecule has 0 aliphatic carbocycles. The summed E-state index contributed by atoms with van der Waals surface area (Å²) in [7, 11) is 0. The molecule has 0 radical (unpaired) electrons. The number of benzene rings is 1. The van der Waals surface area contributed by atoms with Crippen LogP contribution in [0.2, 0.25) is 0 Å². The van der Waals surface area contributed by atoms with Crippen LogP contribution in [0, 0.1) is 18.7 Å². The highest BCUT2D eigenvalue weighted by molar-refractivity contribution is 5.85. The van der Waals surface area contributed by atoms with E-state index in [1.165, 1.54) is 0 Å². The molecule has 0 atom stereocenters. The Hall–Kier alpha value is -0.800. The molecule has 1 heterocycles. The van der Waals surface area contributed by atoms with Crippen LogP contribution in [0.3, 0.4) is 0 Å². The minimum absolute atomic E-state index is 0. The van der Waals surface area contributed by atoms with Gasteiger partial charge in [0.05, 0.1) is 5.69 Å². The maximum Gasteiger partial charge on any atom is 0.146 e. The average molecular weight is 259 g/mol. The van der Waals surface area contributed by atoms with Gasteiger partial charge in [-0.05, 0) is 49.9 Å². The molecule has 1 aromatic rings. The zero-order valence-electron chi connectivity index (χ0n) is 10.2. The molecular weight excluding hydrogens is 239 g/mol. The summed E-state index contributed by atoms with van der Waals surface area (Å²) in [6, 6.07) is 5.45. The lowest BCUT2D eigenvalue weighted by molar-refractivity contribution is 0.411. The fraction of sp³-hybridized carbons (Fsp3) is 0.538. The average Bonchev–Trinajstić information content (AvgIpc) is 2.29. The van der Waals surface area contributed by atoms with E-state index < -0.39 is 0 Å². The molecule has 0 aromatic heterocycles. The zero-order chi connectivity index (χ0) is 11.5. The van der Waals surface area contributed by atoms with Crippen molar-refractivity contribution in [1.29, 1.82) is 0 Å². The van der Waals surface area contributed by atoms with Gasteiger partial charge in [-0.3, -0.25) is 0 Å². The normalized spacial score (nSPS) is 16.8. The summed E-state index contributed by atoms with van der Waals surface area (Å²) >= 11 is 0. The highest BCUT2D eigenvalue weighted by Gasteiger charge is 2.20. The first-order chi connectivity index (χ1) is 7.70. The highest BCUT2D eigenvalue weighted by atomic mass is 35.5. The van der Waals surface area contributed by atoms with E-state index in [0.29, 0.717) is 5.92 Å². The SMILES string of the molecule is Cc1ccc(N2CCC(CN)CC2)c(F)c1.Cl. The number of anilines is 1. The van der Waals surface area contributed by atoms with E-state index in [1.807, 2.05) is 19.1 Å². The first-order valence-electron chi connectivity index (χ1n) is 5.92. The molecule has 0 unspecified atom stereocenters. The second-order valence-corrected chi connectivity index (χ2v) is 4.62. The van der Waals surface area contributed by atoms with Crippen molar-refractivity contribution in [2.24, 2.45) is 11.7 Å². The van der Waals surface area contributed by atoms with Crippen LogP contribution >= 0.6 is 12.4 Å². The predicted molar refractivity (Wildman–Crippen MR) is 72.4 cm³/mol. The van der Waals surface area contributed by atoms with E-state index in [1.54, 1.807) is 6.07 Å². The van der Waals surface area contributed by atoms with Gasteiger partial charge in [-0.1, -0.05) is 6.07 Å². The van der Waals surface area contributed by atoms with Crippen molar-refractivity contribution in [1.82, 2.24) is 0 Å². The van der Waals surface area contributed by atoms with Gasteiger partial charge in [-0.25, -0.2) is 4.39 Å². The molecule has 0 saturated carbocycles. The van der Waals surface area contributed by atoms with Crippen molar-refractivity contribution in [2.45, 2.75) is 19.8 Å². The molecule has 1 fully saturated rings. The molecule has 1 aliphatic rings. The van der Waals surface area contributed by atoms with Crippen molar-refractivity contribution in [3.63, 3.8) is 0 Å². The smallest absolute Gasteiger partial charge is 0.146 e. The lowest BCUT2D eigenvalue weighted by Crippen LogP contribution is -2.36. The Kier molecular flexibility index (Phi) is 5.22. The summed E-state index contributed by atoms with van der Waals surface area (Å²) in [5.41, 5.74) is 7.35. The Morgan fingerprint density at radius 3 is 2.53 bits per heavy atom. The third-order valence-corrected chi connectivity index (χ3v) is 3.39. The molecule has 1 aliphatic heterocycles. The standard InChI is InChI=1S/C13H19FN2.ClH/c1-10-2-3-13(12(14)8-10)16-6-4-11(9-15)5-7-16;/h2-3,8,11H,4-7,9,15H2,1H3;1H. The molecule has 1 saturated heterocycles. The van der Waals surface area contributed by atoms with Crippen molar-refractivity contribution >= 4 is 18.1 Å². The summed E-state index contributed by atoms with van der Waals surface area (Å²) in [5.74, 6) is 0.510. The van der Waals surface area contributed by atoms with Crippen LogP contribution < -0.4 is 10.6 Å². The Labute approximate surface area is 108 Å². The number of rotatable bonds is 2. The topological polar surface area (TPSA) is 29.3 Å². The van der Waals surface area contributed by atoms with Crippen LogP contribution in [-0.2, 0) is 0 Å². The number of nitrogens with two attached hydrogens (primary N) is 1. The van der Waals surface area contributed by atoms with E-state index in [9.17, 15) is 4.39 Å². The molecule has 1 aromatic carbocycles. The van der Waals surface area contributed by atoms with Crippen LogP contribution in [0.25, 0.3) is 0 Å². The summed E-state index contributed by atoms with van der Waals surface area (Å²) in [4.78, 5) is 2.13. The van der Waals surface area contributed by atoms with Crippen molar-refractivity contribution in [3.05, 3.63) is 29.6 Å². The summed E-state index contributed by atoms with van der Waals surface area (Å²) in [6.45, 7) is 4.50. The van der Waals surface area contributed by atoms with Gasteiger partial charge in [0, 0.05) is 13.1 Å². The van der Waals surface area contributed by atoms with Gasteiger partial charge in [-0.2, -0.15) is 0 Å². The number of hydrogen-bond acceptors (Lipinski definition) is 2. The van der Waals surface area contributed by atoms with Crippen LogP contribution in [-0.4, -0.2) is 19.6 Å². The van der Waals surface area contributed by atoms with E-state index in [4.69, 9.17) is 5.73 Å². The lowest BCUT2D eigenvalue weighted by atomic mass is 9.96. The van der Waals surface area contributed by atoms with E-state index >= 15 is 0 Å². The van der Waals surface area contributed by atoms with Gasteiger partial charge in [0.2, 0.25) is 0 Å². The van der Waals surface area contributed by atoms with Crippen molar-refractivity contribution in [2.75, 3.05) is 24.5 Å². The van der Waals surface area contributed by atoms with Gasteiger partial charge in [0.25, 0.3) is 0 Å². The third kappa shape index (κ3) is 3.33. The molecule has 0 bridgehead atoms. The third-order valence-electron chi connectivity index (χ3n) is 3.39. The summed E-state index contributed by atoms with van der Waals surface area (Å²) in [6.07, 6.45) is 2.15. The van der Waals surface area contributed by atoms with Crippen LogP contribution in [0.5, 0.6) is 0 Å². The maximum absolute atomic E-state index is 13.7. The first-order valence-corrected chi connectivity index (χ1v) is 5.92. The van der Waals surface area contributed by atoms with Crippen LogP contribution in [0.1, 0.15) is 18.4 Å². The largest absolute Gasteiger partial charge is 0.369 e. The summed E-state index contributed by atoms with van der Waals surface area (Å²) < 4.78 is 13.7. The molecule has 4 heteroatoms. The fourth-order valence-corrected chi connectivity index (χ4v) is 2.28. The van der Waals surface area contributed by atoms with E-state index in [2.05, 4.69) is 4.90 Å². The minimum Gasteiger partial charge on any atom is -0.369 e. The predicted octanol–water partition coefficient (Wildman–Crippen LogP) is 2.73. The van der Waals surface area contributed by atoms with Gasteiger partial charge < -0.3 is 10.6 Å². The number of piperidine rings is 1. The maximum atomic E-state index is 13.7. The van der Waals surface area contributed by atoms with Gasteiger partial charge in [-0.15, -0.1) is 12.4 Å². The number of halogens is 2. The molecule has 0 amide bonds. The van der Waals surface area contributed by atoms with Crippen molar-refractivity contribution < 1.29 is 4.39 Å². The van der Waals surface area contributed by atoms with Crippen LogP contribution in [0.15, 0.2) is 18.2 Å². The summed E-state index contributed by atoms with van der Waals surface area (Å²) in [5, 5.41) is 0. The Morgan fingerprint density at radius 1 is 1.35 bits per heavy atom. The van der Waals surface area contributed by atoms with Gasteiger partial charge >= 0.3 is 0 Å². The highest BCUT2D eigenvalue weighted by Crippen LogP contribution is 2.25. The number of hydrogen-bond donors (Lipinski definition) is 1. The quantitative estimate of drug-likeness (QED) is 0.884. The minimum atomic E-state index is -0.105. The van der Waals surface area contributed by atoms with E-state index in [-0.39, 0.29) is 18.2 Å². The monoisotopic (exact) mass is 258 g/mol. The van der Waals surface area contributed by atoms with Gasteiger partial charge in [0.1, 0.15) is 5.82 Å². The number of nitrogens with zero attached hydrogens (tertiary/aromatic N) is 1. The zero-order valence-corrected chi connectivity index (χ0v) is 11.0. The van der Waals surface area contributed by atoms with Crippen molar-refractivity contribution in [3.8, 4) is 0 Å². The fourth-order valence-electron chi connectivity index (χ4n) is 2.28. The van der Waals surface area contributed by atoms with E-state index in [0.717, 1.165) is 43.7 Å². The molecule has 96 valence electrons. The molecular formula is C13H20ClFN2. The second kappa shape index (κ2) is 6.22. The number of aryl methyl sites for hydroxylation is 1. The second-order valence-electron chi connectivity index (χ2n) is 4.62. The molecule has 0 spiro atoms. The molecule has 2 N–H and O–H groups in total. The van der Waals surface area contributed by atoms with Crippen LogP contribution in [0.4, 0.5) is 10.1 Å². The Balaban J connectivity index is 0.00000144. The molecule has 2 rings (SSSR count). The Bertz CT molecular complexity index is 362. The lowest BCUT2D eigenvalue weighted by Gasteiger charge is -2.33. The van der Waals surface area contributed by atoms with Gasteiger partial charge in [0.15, 0.2) is 0 Å². The Morgan fingerprint density at radius 2 is 2.00 bits per heavy atom. The molecule has 17 heavy (non-hydrogen) atoms.